The van der Waals surface area contributed by atoms with Crippen LogP contribution in [0, 0.1) is 11.3 Å². The number of rotatable bonds is 6. The van der Waals surface area contributed by atoms with Gasteiger partial charge in [0.1, 0.15) is 17.1 Å². The van der Waals surface area contributed by atoms with Crippen LogP contribution in [0.1, 0.15) is 15.9 Å². The highest BCUT2D eigenvalue weighted by Crippen LogP contribution is 2.36. The lowest BCUT2D eigenvalue weighted by Crippen LogP contribution is -2.49. The standard InChI is InChI=1S/C19H17BrN2O7S2/c20-16-7-14(10-23)3-6-17(16)31(28,29)22-9-18(19(25,11-22)12-24)30(26,27)15-4-1-13(8-21)2-5-15/h1-7,10,18,24-25H,9,11-12H2/t18-,19+/m0/s1. The predicted molar refractivity (Wildman–Crippen MR) is 112 cm³/mol. The van der Waals surface area contributed by atoms with Gasteiger partial charge in [0.15, 0.2) is 9.84 Å². The van der Waals surface area contributed by atoms with E-state index in [0.717, 1.165) is 4.31 Å². The molecule has 1 heterocycles. The van der Waals surface area contributed by atoms with E-state index in [2.05, 4.69) is 15.9 Å². The van der Waals surface area contributed by atoms with Crippen LogP contribution in [0.3, 0.4) is 0 Å². The number of halogens is 1. The van der Waals surface area contributed by atoms with Crippen molar-refractivity contribution in [2.45, 2.75) is 20.6 Å². The Hall–Kier alpha value is -2.14. The summed E-state index contributed by atoms with van der Waals surface area (Å²) in [6.45, 7) is -2.22. The van der Waals surface area contributed by atoms with Crippen LogP contribution in [0.4, 0.5) is 0 Å². The molecule has 164 valence electrons. The van der Waals surface area contributed by atoms with E-state index in [1.807, 2.05) is 6.07 Å². The Balaban J connectivity index is 2.02. The van der Waals surface area contributed by atoms with Crippen LogP contribution in [0.25, 0.3) is 0 Å². The molecule has 1 aliphatic heterocycles. The number of carbonyl (C=O) groups excluding carboxylic acids is 1. The lowest BCUT2D eigenvalue weighted by molar-refractivity contribution is 0.00160. The molecule has 1 saturated heterocycles. The number of β-amino-alcohol motifs (C(OH)–C–C–N with tert-alkyl or cyclic N) is 1. The van der Waals surface area contributed by atoms with E-state index in [1.54, 1.807) is 0 Å². The van der Waals surface area contributed by atoms with Crippen molar-refractivity contribution in [3.8, 4) is 6.07 Å². The average molecular weight is 529 g/mol. The molecule has 3 rings (SSSR count). The van der Waals surface area contributed by atoms with Crippen LogP contribution in [-0.4, -0.2) is 68.2 Å². The molecule has 0 aliphatic carbocycles. The number of hydrogen-bond acceptors (Lipinski definition) is 8. The van der Waals surface area contributed by atoms with Crippen molar-refractivity contribution in [2.75, 3.05) is 19.7 Å². The van der Waals surface area contributed by atoms with Crippen molar-refractivity contribution in [3.05, 3.63) is 58.1 Å². The minimum absolute atomic E-state index is 0.100. The summed E-state index contributed by atoms with van der Waals surface area (Å²) in [6, 6.07) is 10.6. The summed E-state index contributed by atoms with van der Waals surface area (Å²) in [5.41, 5.74) is -1.77. The van der Waals surface area contributed by atoms with E-state index in [1.165, 1.54) is 42.5 Å². The Morgan fingerprint density at radius 2 is 1.84 bits per heavy atom. The summed E-state index contributed by atoms with van der Waals surface area (Å²) >= 11 is 3.10. The molecular formula is C19H17BrN2O7S2. The maximum atomic E-state index is 13.1. The molecule has 0 radical (unpaired) electrons. The molecule has 2 aromatic rings. The molecule has 2 atom stereocenters. The van der Waals surface area contributed by atoms with Crippen LogP contribution < -0.4 is 0 Å². The number of hydrogen-bond donors (Lipinski definition) is 2. The Morgan fingerprint density at radius 3 is 2.35 bits per heavy atom. The lowest BCUT2D eigenvalue weighted by Gasteiger charge is -2.26. The Morgan fingerprint density at radius 1 is 1.19 bits per heavy atom. The summed E-state index contributed by atoms with van der Waals surface area (Å²) in [5, 5.41) is 27.8. The van der Waals surface area contributed by atoms with Crippen molar-refractivity contribution >= 4 is 42.1 Å². The first-order valence-corrected chi connectivity index (χ1v) is 12.6. The van der Waals surface area contributed by atoms with Crippen molar-refractivity contribution in [1.82, 2.24) is 4.31 Å². The molecule has 0 aromatic heterocycles. The fraction of sp³-hybridized carbons (Fsp3) is 0.263. The first-order valence-electron chi connectivity index (χ1n) is 8.82. The summed E-state index contributed by atoms with van der Waals surface area (Å²) in [6.07, 6.45) is 0.543. The molecular weight excluding hydrogens is 512 g/mol. The number of nitrogens with zero attached hydrogens (tertiary/aromatic N) is 2. The lowest BCUT2D eigenvalue weighted by atomic mass is 10.1. The van der Waals surface area contributed by atoms with E-state index in [4.69, 9.17) is 5.26 Å². The van der Waals surface area contributed by atoms with Gasteiger partial charge in [-0.3, -0.25) is 4.79 Å². The smallest absolute Gasteiger partial charge is 0.244 e. The number of sulfone groups is 1. The minimum Gasteiger partial charge on any atom is -0.393 e. The highest BCUT2D eigenvalue weighted by molar-refractivity contribution is 9.10. The van der Waals surface area contributed by atoms with E-state index in [0.29, 0.717) is 6.29 Å². The molecule has 9 nitrogen and oxygen atoms in total. The average Bonchev–Trinajstić information content (AvgIpc) is 3.13. The van der Waals surface area contributed by atoms with Gasteiger partial charge in [0.25, 0.3) is 0 Å². The topological polar surface area (TPSA) is 153 Å². The summed E-state index contributed by atoms with van der Waals surface area (Å²) < 4.78 is 53.4. The Kier molecular flexibility index (Phi) is 6.39. The van der Waals surface area contributed by atoms with Gasteiger partial charge in [-0.15, -0.1) is 0 Å². The predicted octanol–water partition coefficient (Wildman–Crippen LogP) is 0.703. The monoisotopic (exact) mass is 528 g/mol. The van der Waals surface area contributed by atoms with Gasteiger partial charge in [0.2, 0.25) is 10.0 Å². The molecule has 0 bridgehead atoms. The third-order valence-electron chi connectivity index (χ3n) is 5.09. The molecule has 1 aliphatic rings. The van der Waals surface area contributed by atoms with Crippen LogP contribution in [0.15, 0.2) is 56.7 Å². The van der Waals surface area contributed by atoms with Crippen LogP contribution in [0.5, 0.6) is 0 Å². The van der Waals surface area contributed by atoms with Gasteiger partial charge < -0.3 is 10.2 Å². The zero-order chi connectivity index (χ0) is 23.0. The van der Waals surface area contributed by atoms with Gasteiger partial charge in [-0.25, -0.2) is 16.8 Å². The van der Waals surface area contributed by atoms with Crippen molar-refractivity contribution in [1.29, 1.82) is 5.26 Å². The quantitative estimate of drug-likeness (QED) is 0.519. The van der Waals surface area contributed by atoms with E-state index in [9.17, 15) is 31.8 Å². The zero-order valence-corrected chi connectivity index (χ0v) is 19.1. The Bertz CT molecular complexity index is 1270. The second kappa shape index (κ2) is 8.42. The maximum absolute atomic E-state index is 13.1. The summed E-state index contributed by atoms with van der Waals surface area (Å²) in [4.78, 5) is 10.5. The van der Waals surface area contributed by atoms with Crippen LogP contribution in [0.2, 0.25) is 0 Å². The first kappa shape index (κ1) is 23.5. The number of aldehydes is 1. The van der Waals surface area contributed by atoms with Crippen molar-refractivity contribution in [2.24, 2.45) is 0 Å². The van der Waals surface area contributed by atoms with Gasteiger partial charge in [-0.05, 0) is 52.3 Å². The summed E-state index contributed by atoms with van der Waals surface area (Å²) in [5.74, 6) is 0. The molecule has 2 N–H and O–H groups in total. The van der Waals surface area contributed by atoms with Gasteiger partial charge in [-0.1, -0.05) is 6.07 Å². The van der Waals surface area contributed by atoms with Gasteiger partial charge in [0, 0.05) is 23.1 Å². The molecule has 0 unspecified atom stereocenters. The van der Waals surface area contributed by atoms with Gasteiger partial charge >= 0.3 is 0 Å². The fourth-order valence-corrected chi connectivity index (χ4v) is 7.98. The Labute approximate surface area is 187 Å². The van der Waals surface area contributed by atoms with Gasteiger partial charge in [0.05, 0.1) is 28.0 Å². The molecule has 12 heteroatoms. The largest absolute Gasteiger partial charge is 0.393 e. The SMILES string of the molecule is N#Cc1ccc(S(=O)(=O)[C@H]2CN(S(=O)(=O)c3ccc(C=O)cc3Br)C[C@@]2(O)CO)cc1. The van der Waals surface area contributed by atoms with Gasteiger partial charge in [-0.2, -0.15) is 9.57 Å². The second-order valence-corrected chi connectivity index (χ2v) is 11.9. The molecule has 31 heavy (non-hydrogen) atoms. The third-order valence-corrected chi connectivity index (χ3v) is 10.1. The number of benzene rings is 2. The molecule has 1 fully saturated rings. The normalized spacial score (nSPS) is 22.2. The summed E-state index contributed by atoms with van der Waals surface area (Å²) in [7, 11) is -8.53. The number of sulfonamides is 1. The highest BCUT2D eigenvalue weighted by atomic mass is 79.9. The van der Waals surface area contributed by atoms with Crippen LogP contribution >= 0.6 is 15.9 Å². The van der Waals surface area contributed by atoms with E-state index < -0.39 is 50.4 Å². The first-order chi connectivity index (χ1) is 14.5. The fourth-order valence-electron chi connectivity index (χ4n) is 3.37. The number of aliphatic hydroxyl groups is 2. The molecule has 0 amide bonds. The van der Waals surface area contributed by atoms with E-state index in [-0.39, 0.29) is 25.4 Å². The van der Waals surface area contributed by atoms with Crippen molar-refractivity contribution < 1.29 is 31.8 Å². The highest BCUT2D eigenvalue weighted by Gasteiger charge is 2.55. The third kappa shape index (κ3) is 4.17. The second-order valence-electron chi connectivity index (χ2n) is 7.04. The number of carbonyl (C=O) groups is 1. The molecule has 2 aromatic carbocycles. The van der Waals surface area contributed by atoms with Crippen LogP contribution in [-0.2, 0) is 19.9 Å². The number of aliphatic hydroxyl groups excluding tert-OH is 1. The number of nitriles is 1. The molecule has 0 spiro atoms. The molecule has 0 saturated carbocycles. The zero-order valence-electron chi connectivity index (χ0n) is 15.8. The minimum atomic E-state index is -4.27. The van der Waals surface area contributed by atoms with Crippen molar-refractivity contribution in [3.63, 3.8) is 0 Å². The maximum Gasteiger partial charge on any atom is 0.244 e. The van der Waals surface area contributed by atoms with E-state index >= 15 is 0 Å².